The predicted molar refractivity (Wildman–Crippen MR) is 118 cm³/mol. The standard InChI is InChI=1S/C19H15N7O4S2/c1-11(27)13-5-15-16(30-10-29-15)6-14(13)22-17(28)8-32-19-24-23-18-25(9-21-26(18)19)20-7-12-3-2-4-31-12/h2-7,9H,8,10H2,1H3,(H,22,28)/b20-7+. The average molecular weight is 470 g/mol. The summed E-state index contributed by atoms with van der Waals surface area (Å²) in [5.41, 5.74) is 0.714. The predicted octanol–water partition coefficient (Wildman–Crippen LogP) is 2.53. The van der Waals surface area contributed by atoms with Crippen LogP contribution < -0.4 is 14.8 Å². The van der Waals surface area contributed by atoms with Crippen LogP contribution in [0.1, 0.15) is 22.2 Å². The number of amides is 1. The fraction of sp³-hybridized carbons (Fsp3) is 0.158. The number of anilines is 1. The molecule has 0 spiro atoms. The van der Waals surface area contributed by atoms with E-state index in [1.807, 2.05) is 17.5 Å². The largest absolute Gasteiger partial charge is 0.454 e. The minimum absolute atomic E-state index is 0.0396. The number of carbonyl (C=O) groups is 2. The van der Waals surface area contributed by atoms with Crippen LogP contribution >= 0.6 is 23.1 Å². The molecule has 1 amide bonds. The maximum atomic E-state index is 12.5. The van der Waals surface area contributed by atoms with E-state index in [1.54, 1.807) is 29.7 Å². The van der Waals surface area contributed by atoms with E-state index in [0.717, 1.165) is 16.6 Å². The molecular weight excluding hydrogens is 454 g/mol. The minimum atomic E-state index is -0.316. The highest BCUT2D eigenvalue weighted by molar-refractivity contribution is 7.99. The lowest BCUT2D eigenvalue weighted by Gasteiger charge is -2.10. The van der Waals surface area contributed by atoms with Crippen molar-refractivity contribution in [3.63, 3.8) is 0 Å². The lowest BCUT2D eigenvalue weighted by Crippen LogP contribution is -2.16. The molecule has 1 aliphatic rings. The molecule has 1 aromatic carbocycles. The molecule has 3 aromatic heterocycles. The molecule has 11 nitrogen and oxygen atoms in total. The Morgan fingerprint density at radius 1 is 1.31 bits per heavy atom. The van der Waals surface area contributed by atoms with Crippen LogP contribution in [0.25, 0.3) is 5.78 Å². The summed E-state index contributed by atoms with van der Waals surface area (Å²) in [4.78, 5) is 25.5. The Hall–Kier alpha value is -3.71. The van der Waals surface area contributed by atoms with Gasteiger partial charge in [0.15, 0.2) is 17.3 Å². The number of nitrogens with one attached hydrogen (secondary N) is 1. The number of hydrogen-bond donors (Lipinski definition) is 1. The molecular formula is C19H15N7O4S2. The van der Waals surface area contributed by atoms with E-state index in [2.05, 4.69) is 25.7 Å². The molecule has 0 saturated carbocycles. The molecule has 0 fully saturated rings. The van der Waals surface area contributed by atoms with Gasteiger partial charge in [-0.1, -0.05) is 17.8 Å². The number of ether oxygens (including phenoxy) is 2. The van der Waals surface area contributed by atoms with Gasteiger partial charge in [-0.15, -0.1) is 21.5 Å². The molecule has 32 heavy (non-hydrogen) atoms. The summed E-state index contributed by atoms with van der Waals surface area (Å²) in [6.07, 6.45) is 3.23. The first-order chi connectivity index (χ1) is 15.6. The number of Topliss-reactive ketones (excluding diaryl/α,β-unsaturated/α-hetero) is 1. The van der Waals surface area contributed by atoms with Crippen LogP contribution in [0, 0.1) is 0 Å². The summed E-state index contributed by atoms with van der Waals surface area (Å²) in [5, 5.41) is 21.9. The Balaban J connectivity index is 1.27. The van der Waals surface area contributed by atoms with Crippen molar-refractivity contribution in [3.05, 3.63) is 46.4 Å². The molecule has 4 aromatic rings. The van der Waals surface area contributed by atoms with E-state index >= 15 is 0 Å². The number of carbonyl (C=O) groups excluding carboxylic acids is 2. The van der Waals surface area contributed by atoms with Crippen molar-refractivity contribution >= 4 is 52.5 Å². The molecule has 0 bridgehead atoms. The van der Waals surface area contributed by atoms with E-state index in [9.17, 15) is 9.59 Å². The highest BCUT2D eigenvalue weighted by Gasteiger charge is 2.21. The van der Waals surface area contributed by atoms with Crippen LogP contribution in [0.3, 0.4) is 0 Å². The summed E-state index contributed by atoms with van der Waals surface area (Å²) in [6, 6.07) is 7.04. The van der Waals surface area contributed by atoms with Gasteiger partial charge in [0, 0.05) is 16.5 Å². The third-order valence-electron chi connectivity index (χ3n) is 4.43. The fourth-order valence-electron chi connectivity index (χ4n) is 2.96. The lowest BCUT2D eigenvalue weighted by atomic mass is 10.1. The highest BCUT2D eigenvalue weighted by atomic mass is 32.2. The van der Waals surface area contributed by atoms with Crippen molar-refractivity contribution in [2.45, 2.75) is 12.1 Å². The summed E-state index contributed by atoms with van der Waals surface area (Å²) in [5.74, 6) is 0.909. The first-order valence-electron chi connectivity index (χ1n) is 9.32. The van der Waals surface area contributed by atoms with Gasteiger partial charge in [-0.25, -0.2) is 0 Å². The lowest BCUT2D eigenvalue weighted by molar-refractivity contribution is -0.113. The van der Waals surface area contributed by atoms with E-state index in [0.29, 0.717) is 33.7 Å². The van der Waals surface area contributed by atoms with Crippen LogP contribution in [0.5, 0.6) is 11.5 Å². The van der Waals surface area contributed by atoms with Crippen LogP contribution in [0.4, 0.5) is 5.69 Å². The summed E-state index contributed by atoms with van der Waals surface area (Å²) < 4.78 is 13.6. The average Bonchev–Trinajstić information content (AvgIpc) is 3.55. The molecule has 0 aliphatic carbocycles. The number of rotatable bonds is 7. The number of fused-ring (bicyclic) bond motifs is 2. The maximum Gasteiger partial charge on any atom is 0.275 e. The Morgan fingerprint density at radius 3 is 2.94 bits per heavy atom. The number of aromatic nitrogens is 5. The van der Waals surface area contributed by atoms with Crippen molar-refractivity contribution in [1.82, 2.24) is 24.5 Å². The van der Waals surface area contributed by atoms with Crippen LogP contribution in [0.15, 0.2) is 46.2 Å². The van der Waals surface area contributed by atoms with Crippen LogP contribution in [-0.2, 0) is 4.79 Å². The van der Waals surface area contributed by atoms with Crippen LogP contribution in [0.2, 0.25) is 0 Å². The molecule has 0 unspecified atom stereocenters. The van der Waals surface area contributed by atoms with Gasteiger partial charge in [-0.2, -0.15) is 19.4 Å². The summed E-state index contributed by atoms with van der Waals surface area (Å²) in [6.45, 7) is 1.50. The van der Waals surface area contributed by atoms with Crippen molar-refractivity contribution in [2.24, 2.45) is 5.10 Å². The zero-order valence-corrected chi connectivity index (χ0v) is 18.2. The molecule has 0 saturated heterocycles. The third-order valence-corrected chi connectivity index (χ3v) is 6.15. The number of thiophene rings is 1. The Morgan fingerprint density at radius 2 is 2.16 bits per heavy atom. The molecule has 0 atom stereocenters. The van der Waals surface area contributed by atoms with E-state index in [-0.39, 0.29) is 24.2 Å². The van der Waals surface area contributed by atoms with E-state index in [1.165, 1.54) is 22.4 Å². The fourth-order valence-corrected chi connectivity index (χ4v) is 4.22. The number of thioether (sulfide) groups is 1. The van der Waals surface area contributed by atoms with Gasteiger partial charge in [0.05, 0.1) is 17.7 Å². The van der Waals surface area contributed by atoms with Crippen molar-refractivity contribution in [1.29, 1.82) is 0 Å². The van der Waals surface area contributed by atoms with Gasteiger partial charge in [0.25, 0.3) is 5.78 Å². The number of nitrogens with zero attached hydrogens (tertiary/aromatic N) is 6. The molecule has 1 aliphatic heterocycles. The quantitative estimate of drug-likeness (QED) is 0.249. The van der Waals surface area contributed by atoms with Crippen molar-refractivity contribution in [3.8, 4) is 11.5 Å². The molecule has 1 N–H and O–H groups in total. The number of benzene rings is 1. The highest BCUT2D eigenvalue weighted by Crippen LogP contribution is 2.37. The smallest absolute Gasteiger partial charge is 0.275 e. The third kappa shape index (κ3) is 3.94. The Bertz CT molecular complexity index is 1340. The number of hydrogen-bond acceptors (Lipinski definition) is 10. The topological polar surface area (TPSA) is 125 Å². The van der Waals surface area contributed by atoms with E-state index < -0.39 is 0 Å². The second-order valence-electron chi connectivity index (χ2n) is 6.57. The Labute approximate surface area is 189 Å². The maximum absolute atomic E-state index is 12.5. The molecule has 162 valence electrons. The van der Waals surface area contributed by atoms with Gasteiger partial charge >= 0.3 is 0 Å². The van der Waals surface area contributed by atoms with Crippen molar-refractivity contribution < 1.29 is 19.1 Å². The van der Waals surface area contributed by atoms with E-state index in [4.69, 9.17) is 9.47 Å². The summed E-state index contributed by atoms with van der Waals surface area (Å²) in [7, 11) is 0. The SMILES string of the molecule is CC(=O)c1cc2c(cc1NC(=O)CSc1nnc3n(/N=C/c4cccs4)cnn13)OCO2. The summed E-state index contributed by atoms with van der Waals surface area (Å²) >= 11 is 2.73. The molecule has 0 radical (unpaired) electrons. The zero-order valence-electron chi connectivity index (χ0n) is 16.6. The van der Waals surface area contributed by atoms with Crippen LogP contribution in [-0.4, -0.2) is 54.9 Å². The zero-order chi connectivity index (χ0) is 22.1. The second-order valence-corrected chi connectivity index (χ2v) is 8.50. The van der Waals surface area contributed by atoms with Gasteiger partial charge in [-0.3, -0.25) is 9.59 Å². The van der Waals surface area contributed by atoms with Gasteiger partial charge in [-0.05, 0) is 24.4 Å². The first kappa shape index (κ1) is 20.2. The second kappa shape index (κ2) is 8.43. The molecule has 13 heteroatoms. The minimum Gasteiger partial charge on any atom is -0.454 e. The number of ketones is 1. The molecule has 5 rings (SSSR count). The first-order valence-corrected chi connectivity index (χ1v) is 11.2. The van der Waals surface area contributed by atoms with Gasteiger partial charge in [0.2, 0.25) is 17.9 Å². The van der Waals surface area contributed by atoms with Crippen molar-refractivity contribution in [2.75, 3.05) is 17.9 Å². The van der Waals surface area contributed by atoms with Gasteiger partial charge in [0.1, 0.15) is 6.33 Å². The normalized spacial score (nSPS) is 12.7. The molecule has 4 heterocycles. The Kier molecular flexibility index (Phi) is 5.33. The monoisotopic (exact) mass is 469 g/mol. The van der Waals surface area contributed by atoms with Gasteiger partial charge < -0.3 is 14.8 Å².